The van der Waals surface area contributed by atoms with E-state index in [9.17, 15) is 4.79 Å². The van der Waals surface area contributed by atoms with Crippen LogP contribution >= 0.6 is 15.9 Å². The van der Waals surface area contributed by atoms with Crippen LogP contribution in [0.4, 0.5) is 0 Å². The fourth-order valence-corrected chi connectivity index (χ4v) is 1.77. The molecule has 1 aromatic carbocycles. The first-order chi connectivity index (χ1) is 6.56. The molecule has 76 valence electrons. The number of benzene rings is 1. The first-order valence-corrected chi connectivity index (χ1v) is 5.68. The van der Waals surface area contributed by atoms with Crippen LogP contribution < -0.4 is 0 Å². The summed E-state index contributed by atoms with van der Waals surface area (Å²) >= 11 is 3.40. The van der Waals surface area contributed by atoms with E-state index in [0.29, 0.717) is 12.3 Å². The summed E-state index contributed by atoms with van der Waals surface area (Å²) in [5, 5.41) is 0. The van der Waals surface area contributed by atoms with Gasteiger partial charge in [-0.25, -0.2) is 0 Å². The van der Waals surface area contributed by atoms with Crippen molar-refractivity contribution in [2.45, 2.75) is 33.1 Å². The van der Waals surface area contributed by atoms with Crippen molar-refractivity contribution < 1.29 is 4.79 Å². The minimum absolute atomic E-state index is 0.194. The zero-order valence-corrected chi connectivity index (χ0v) is 10.4. The van der Waals surface area contributed by atoms with Gasteiger partial charge in [0.25, 0.3) is 0 Å². The van der Waals surface area contributed by atoms with E-state index < -0.39 is 0 Å². The van der Waals surface area contributed by atoms with Gasteiger partial charge >= 0.3 is 0 Å². The number of carbonyl (C=O) groups is 1. The Labute approximate surface area is 93.7 Å². The van der Waals surface area contributed by atoms with Gasteiger partial charge in [0.05, 0.1) is 0 Å². The maximum atomic E-state index is 11.6. The molecule has 0 radical (unpaired) electrons. The van der Waals surface area contributed by atoms with Crippen molar-refractivity contribution in [2.75, 3.05) is 0 Å². The highest BCUT2D eigenvalue weighted by molar-refractivity contribution is 9.10. The monoisotopic (exact) mass is 254 g/mol. The molecule has 0 aliphatic rings. The van der Waals surface area contributed by atoms with Crippen molar-refractivity contribution in [3.63, 3.8) is 0 Å². The average Bonchev–Trinajstić information content (AvgIpc) is 2.17. The van der Waals surface area contributed by atoms with Crippen LogP contribution in [0.25, 0.3) is 0 Å². The summed E-state index contributed by atoms with van der Waals surface area (Å²) in [5.41, 5.74) is 2.02. The molecule has 0 atom stereocenters. The highest BCUT2D eigenvalue weighted by Crippen LogP contribution is 2.23. The molecule has 0 N–H and O–H groups in total. The second-order valence-corrected chi connectivity index (χ2v) is 4.53. The molecular weight excluding hydrogens is 240 g/mol. The summed E-state index contributed by atoms with van der Waals surface area (Å²) in [7, 11) is 0. The van der Waals surface area contributed by atoms with Gasteiger partial charge < -0.3 is 0 Å². The lowest BCUT2D eigenvalue weighted by atomic mass is 9.99. The third-order valence-corrected chi connectivity index (χ3v) is 2.97. The van der Waals surface area contributed by atoms with Crippen LogP contribution in [0, 0.1) is 0 Å². The van der Waals surface area contributed by atoms with Crippen LogP contribution in [0.2, 0.25) is 0 Å². The summed E-state index contributed by atoms with van der Waals surface area (Å²) in [6, 6.07) is 6.00. The summed E-state index contributed by atoms with van der Waals surface area (Å²) < 4.78 is 0.897. The fraction of sp³-hybridized carbons (Fsp3) is 0.417. The fourth-order valence-electron chi connectivity index (χ4n) is 1.31. The van der Waals surface area contributed by atoms with E-state index in [2.05, 4.69) is 35.8 Å². The second-order valence-electron chi connectivity index (χ2n) is 3.67. The standard InChI is InChI=1S/C12H15BrO/c1-4-12(14)10-7-9(8(2)3)5-6-11(10)13/h5-8H,4H2,1-3H3. The van der Waals surface area contributed by atoms with Gasteiger partial charge in [0.15, 0.2) is 5.78 Å². The Morgan fingerprint density at radius 2 is 2.07 bits per heavy atom. The summed E-state index contributed by atoms with van der Waals surface area (Å²) in [5.74, 6) is 0.658. The molecule has 14 heavy (non-hydrogen) atoms. The largest absolute Gasteiger partial charge is 0.294 e. The van der Waals surface area contributed by atoms with Gasteiger partial charge in [-0.05, 0) is 23.6 Å². The molecule has 0 saturated heterocycles. The van der Waals surface area contributed by atoms with Crippen LogP contribution in [0.15, 0.2) is 22.7 Å². The topological polar surface area (TPSA) is 17.1 Å². The smallest absolute Gasteiger partial charge is 0.163 e. The molecule has 1 rings (SSSR count). The molecule has 1 aromatic rings. The molecular formula is C12H15BrO. The van der Waals surface area contributed by atoms with Gasteiger partial charge in [0.1, 0.15) is 0 Å². The molecule has 0 saturated carbocycles. The zero-order chi connectivity index (χ0) is 10.7. The van der Waals surface area contributed by atoms with Crippen LogP contribution in [0.1, 0.15) is 49.0 Å². The first-order valence-electron chi connectivity index (χ1n) is 4.89. The van der Waals surface area contributed by atoms with Crippen molar-refractivity contribution in [1.29, 1.82) is 0 Å². The number of carbonyl (C=O) groups excluding carboxylic acids is 1. The number of hydrogen-bond acceptors (Lipinski definition) is 1. The van der Waals surface area contributed by atoms with E-state index in [1.54, 1.807) is 0 Å². The van der Waals surface area contributed by atoms with Crippen LogP contribution in [0.5, 0.6) is 0 Å². The Bertz CT molecular complexity index is 342. The van der Waals surface area contributed by atoms with Gasteiger partial charge in [-0.2, -0.15) is 0 Å². The molecule has 0 unspecified atom stereocenters. The molecule has 1 nitrogen and oxygen atoms in total. The molecule has 0 fully saturated rings. The Morgan fingerprint density at radius 1 is 1.43 bits per heavy atom. The quantitative estimate of drug-likeness (QED) is 0.741. The van der Waals surface area contributed by atoms with Crippen LogP contribution in [-0.4, -0.2) is 5.78 Å². The first kappa shape index (κ1) is 11.4. The lowest BCUT2D eigenvalue weighted by Crippen LogP contribution is -2.00. The number of halogens is 1. The Balaban J connectivity index is 3.15. The van der Waals surface area contributed by atoms with E-state index in [4.69, 9.17) is 0 Å². The molecule has 0 heterocycles. The number of Topliss-reactive ketones (excluding diaryl/α,β-unsaturated/α-hetero) is 1. The van der Waals surface area contributed by atoms with Gasteiger partial charge in [0, 0.05) is 16.5 Å². The van der Waals surface area contributed by atoms with Crippen molar-refractivity contribution in [1.82, 2.24) is 0 Å². The normalized spacial score (nSPS) is 10.6. The molecule has 0 aliphatic heterocycles. The van der Waals surface area contributed by atoms with Gasteiger partial charge in [-0.3, -0.25) is 4.79 Å². The number of rotatable bonds is 3. The van der Waals surface area contributed by atoms with E-state index in [1.807, 2.05) is 19.1 Å². The summed E-state index contributed by atoms with van der Waals surface area (Å²) in [4.78, 5) is 11.6. The lowest BCUT2D eigenvalue weighted by Gasteiger charge is -2.08. The number of hydrogen-bond donors (Lipinski definition) is 0. The predicted molar refractivity (Wildman–Crippen MR) is 62.9 cm³/mol. The van der Waals surface area contributed by atoms with E-state index >= 15 is 0 Å². The van der Waals surface area contributed by atoms with E-state index in [-0.39, 0.29) is 5.78 Å². The van der Waals surface area contributed by atoms with Crippen molar-refractivity contribution in [3.05, 3.63) is 33.8 Å². The highest BCUT2D eigenvalue weighted by atomic mass is 79.9. The third kappa shape index (κ3) is 2.44. The van der Waals surface area contributed by atoms with Crippen LogP contribution in [-0.2, 0) is 0 Å². The molecule has 0 amide bonds. The second kappa shape index (κ2) is 4.74. The van der Waals surface area contributed by atoms with E-state index in [0.717, 1.165) is 10.0 Å². The Morgan fingerprint density at radius 3 is 2.57 bits per heavy atom. The molecule has 0 aliphatic carbocycles. The van der Waals surface area contributed by atoms with Crippen LogP contribution in [0.3, 0.4) is 0 Å². The Hall–Kier alpha value is -0.630. The Kier molecular flexibility index (Phi) is 3.87. The average molecular weight is 255 g/mol. The number of ketones is 1. The van der Waals surface area contributed by atoms with Gasteiger partial charge in [-0.15, -0.1) is 0 Å². The SMILES string of the molecule is CCC(=O)c1cc(C(C)C)ccc1Br. The van der Waals surface area contributed by atoms with Crippen molar-refractivity contribution in [2.24, 2.45) is 0 Å². The maximum Gasteiger partial charge on any atom is 0.163 e. The third-order valence-electron chi connectivity index (χ3n) is 2.28. The zero-order valence-electron chi connectivity index (χ0n) is 8.80. The molecule has 0 bridgehead atoms. The summed E-state index contributed by atoms with van der Waals surface area (Å²) in [6.07, 6.45) is 0.556. The van der Waals surface area contributed by atoms with Gasteiger partial charge in [0.2, 0.25) is 0 Å². The lowest BCUT2D eigenvalue weighted by molar-refractivity contribution is 0.0987. The molecule has 2 heteroatoms. The molecule has 0 spiro atoms. The highest BCUT2D eigenvalue weighted by Gasteiger charge is 2.09. The minimum Gasteiger partial charge on any atom is -0.294 e. The van der Waals surface area contributed by atoms with Gasteiger partial charge in [-0.1, -0.05) is 42.8 Å². The maximum absolute atomic E-state index is 11.6. The van der Waals surface area contributed by atoms with Crippen molar-refractivity contribution in [3.8, 4) is 0 Å². The van der Waals surface area contributed by atoms with Crippen molar-refractivity contribution >= 4 is 21.7 Å². The minimum atomic E-state index is 0.194. The summed E-state index contributed by atoms with van der Waals surface area (Å²) in [6.45, 7) is 6.14. The molecule has 0 aromatic heterocycles. The predicted octanol–water partition coefficient (Wildman–Crippen LogP) is 4.17. The van der Waals surface area contributed by atoms with E-state index in [1.165, 1.54) is 5.56 Å².